The zero-order valence-electron chi connectivity index (χ0n) is 14.2. The van der Waals surface area contributed by atoms with Crippen molar-refractivity contribution in [2.45, 2.75) is 13.0 Å². The molecule has 2 aliphatic heterocycles. The number of hydrogen-bond acceptors (Lipinski definition) is 4. The Hall–Kier alpha value is -2.87. The zero-order chi connectivity index (χ0) is 17.4. The van der Waals surface area contributed by atoms with Gasteiger partial charge in [-0.25, -0.2) is 4.98 Å². The molecule has 0 N–H and O–H groups in total. The minimum absolute atomic E-state index is 0.118. The third-order valence-corrected chi connectivity index (χ3v) is 5.38. The normalized spacial score (nSPS) is 24.9. The summed E-state index contributed by atoms with van der Waals surface area (Å²) in [5, 5.41) is 9.08. The summed E-state index contributed by atoms with van der Waals surface area (Å²) in [6.07, 6.45) is 0. The van der Waals surface area contributed by atoms with Crippen LogP contribution in [0, 0.1) is 23.2 Å². The van der Waals surface area contributed by atoms with Crippen molar-refractivity contribution in [1.82, 2.24) is 9.88 Å². The number of anilines is 1. The summed E-state index contributed by atoms with van der Waals surface area (Å²) < 4.78 is 0. The maximum Gasteiger partial charge on any atom is 0.219 e. The molecule has 126 valence electrons. The van der Waals surface area contributed by atoms with Crippen LogP contribution in [-0.2, 0) is 4.79 Å². The van der Waals surface area contributed by atoms with E-state index in [1.54, 1.807) is 13.0 Å². The number of benzene rings is 1. The van der Waals surface area contributed by atoms with Crippen LogP contribution in [-0.4, -0.2) is 35.4 Å². The van der Waals surface area contributed by atoms with Gasteiger partial charge in [-0.15, -0.1) is 0 Å². The first-order valence-electron chi connectivity index (χ1n) is 8.61. The lowest BCUT2D eigenvalue weighted by Crippen LogP contribution is -2.34. The van der Waals surface area contributed by atoms with Gasteiger partial charge in [-0.2, -0.15) is 5.26 Å². The molecule has 0 bridgehead atoms. The van der Waals surface area contributed by atoms with E-state index in [0.717, 1.165) is 25.5 Å². The van der Waals surface area contributed by atoms with Crippen LogP contribution in [0.15, 0.2) is 48.5 Å². The van der Waals surface area contributed by atoms with Crippen LogP contribution in [0.1, 0.15) is 24.2 Å². The van der Waals surface area contributed by atoms with Gasteiger partial charge in [-0.1, -0.05) is 36.4 Å². The van der Waals surface area contributed by atoms with Gasteiger partial charge in [-0.05, 0) is 17.7 Å². The Morgan fingerprint density at radius 1 is 1.12 bits per heavy atom. The number of aromatic nitrogens is 1. The molecular formula is C20H20N4O. The SMILES string of the molecule is CC(=O)N1C[C@H]2CN(c3cccc(C#N)n3)C[C@H]2[C@@H]1c1ccccc1. The summed E-state index contributed by atoms with van der Waals surface area (Å²) in [6.45, 7) is 4.18. The van der Waals surface area contributed by atoms with E-state index in [4.69, 9.17) is 5.26 Å². The number of likely N-dealkylation sites (tertiary alicyclic amines) is 1. The number of pyridine rings is 1. The fraction of sp³-hybridized carbons (Fsp3) is 0.350. The number of rotatable bonds is 2. The summed E-state index contributed by atoms with van der Waals surface area (Å²) in [5.41, 5.74) is 1.64. The second-order valence-electron chi connectivity index (χ2n) is 6.85. The monoisotopic (exact) mass is 332 g/mol. The Kier molecular flexibility index (Phi) is 3.89. The van der Waals surface area contributed by atoms with Crippen LogP contribution in [0.2, 0.25) is 0 Å². The Bertz CT molecular complexity index is 829. The van der Waals surface area contributed by atoms with Crippen molar-refractivity contribution in [2.75, 3.05) is 24.5 Å². The molecule has 1 amide bonds. The van der Waals surface area contributed by atoms with Gasteiger partial charge in [0.1, 0.15) is 17.6 Å². The fourth-order valence-electron chi connectivity index (χ4n) is 4.30. The summed E-state index contributed by atoms with van der Waals surface area (Å²) in [7, 11) is 0. The van der Waals surface area contributed by atoms with E-state index in [1.807, 2.05) is 35.2 Å². The molecule has 5 heteroatoms. The number of fused-ring (bicyclic) bond motifs is 1. The van der Waals surface area contributed by atoms with Gasteiger partial charge in [-0.3, -0.25) is 4.79 Å². The highest BCUT2D eigenvalue weighted by molar-refractivity contribution is 5.74. The van der Waals surface area contributed by atoms with E-state index >= 15 is 0 Å². The maximum atomic E-state index is 12.2. The van der Waals surface area contributed by atoms with Gasteiger partial charge in [0.15, 0.2) is 0 Å². The molecule has 1 aromatic heterocycles. The molecule has 3 atom stereocenters. The Labute approximate surface area is 147 Å². The molecular weight excluding hydrogens is 312 g/mol. The van der Waals surface area contributed by atoms with Crippen molar-refractivity contribution >= 4 is 11.7 Å². The second-order valence-corrected chi connectivity index (χ2v) is 6.85. The quantitative estimate of drug-likeness (QED) is 0.848. The number of nitriles is 1. The average Bonchev–Trinajstić information content (AvgIpc) is 3.20. The van der Waals surface area contributed by atoms with E-state index in [1.165, 1.54) is 5.56 Å². The first-order chi connectivity index (χ1) is 12.2. The van der Waals surface area contributed by atoms with Gasteiger partial charge in [0.05, 0.1) is 6.04 Å². The van der Waals surface area contributed by atoms with Crippen LogP contribution in [0.3, 0.4) is 0 Å². The Balaban J connectivity index is 1.63. The Morgan fingerprint density at radius 2 is 1.92 bits per heavy atom. The lowest BCUT2D eigenvalue weighted by Gasteiger charge is -2.29. The number of hydrogen-bond donors (Lipinski definition) is 0. The topological polar surface area (TPSA) is 60.2 Å². The van der Waals surface area contributed by atoms with Crippen molar-refractivity contribution in [1.29, 1.82) is 5.26 Å². The van der Waals surface area contributed by atoms with Gasteiger partial charge >= 0.3 is 0 Å². The third kappa shape index (κ3) is 2.74. The number of nitrogens with zero attached hydrogens (tertiary/aromatic N) is 4. The van der Waals surface area contributed by atoms with Gasteiger partial charge < -0.3 is 9.80 Å². The maximum absolute atomic E-state index is 12.2. The smallest absolute Gasteiger partial charge is 0.219 e. The molecule has 2 aromatic rings. The summed E-state index contributed by atoms with van der Waals surface area (Å²) >= 11 is 0. The molecule has 1 aromatic carbocycles. The van der Waals surface area contributed by atoms with E-state index in [9.17, 15) is 4.79 Å². The van der Waals surface area contributed by atoms with E-state index in [-0.39, 0.29) is 11.9 Å². The molecule has 2 saturated heterocycles. The lowest BCUT2D eigenvalue weighted by atomic mass is 9.89. The minimum Gasteiger partial charge on any atom is -0.356 e. The fourth-order valence-corrected chi connectivity index (χ4v) is 4.30. The average molecular weight is 332 g/mol. The highest BCUT2D eigenvalue weighted by Crippen LogP contribution is 2.45. The lowest BCUT2D eigenvalue weighted by molar-refractivity contribution is -0.130. The van der Waals surface area contributed by atoms with Crippen molar-refractivity contribution in [3.63, 3.8) is 0 Å². The highest BCUT2D eigenvalue weighted by atomic mass is 16.2. The van der Waals surface area contributed by atoms with E-state index in [2.05, 4.69) is 28.1 Å². The summed E-state index contributed by atoms with van der Waals surface area (Å²) in [5.74, 6) is 1.81. The number of carbonyl (C=O) groups excluding carboxylic acids is 1. The first kappa shape index (κ1) is 15.6. The molecule has 0 aliphatic carbocycles. The predicted octanol–water partition coefficient (Wildman–Crippen LogP) is 2.61. The molecule has 3 heterocycles. The van der Waals surface area contributed by atoms with Gasteiger partial charge in [0.25, 0.3) is 0 Å². The third-order valence-electron chi connectivity index (χ3n) is 5.38. The molecule has 0 spiro atoms. The van der Waals surface area contributed by atoms with Crippen LogP contribution in [0.25, 0.3) is 0 Å². The predicted molar refractivity (Wildman–Crippen MR) is 94.7 cm³/mol. The molecule has 2 fully saturated rings. The standard InChI is InChI=1S/C20H20N4O/c1-14(25)24-12-16-11-23(19-9-5-8-17(10-21)22-19)13-18(16)20(24)15-6-3-2-4-7-15/h2-9,16,18,20H,11-13H2,1H3/t16-,18-,20+/m1/s1. The summed E-state index contributed by atoms with van der Waals surface area (Å²) in [6, 6.07) is 18.1. The second kappa shape index (κ2) is 6.21. The van der Waals surface area contributed by atoms with Crippen molar-refractivity contribution in [3.8, 4) is 6.07 Å². The molecule has 2 aliphatic rings. The van der Waals surface area contributed by atoms with Gasteiger partial charge in [0.2, 0.25) is 5.91 Å². The van der Waals surface area contributed by atoms with Crippen molar-refractivity contribution < 1.29 is 4.79 Å². The highest BCUT2D eigenvalue weighted by Gasteiger charge is 2.48. The number of amides is 1. The molecule has 0 unspecified atom stereocenters. The van der Waals surface area contributed by atoms with Crippen molar-refractivity contribution in [2.24, 2.45) is 11.8 Å². The van der Waals surface area contributed by atoms with E-state index < -0.39 is 0 Å². The largest absolute Gasteiger partial charge is 0.356 e. The molecule has 0 saturated carbocycles. The van der Waals surface area contributed by atoms with Crippen LogP contribution in [0.4, 0.5) is 5.82 Å². The zero-order valence-corrected chi connectivity index (χ0v) is 14.2. The van der Waals surface area contributed by atoms with Crippen LogP contribution in [0.5, 0.6) is 0 Å². The molecule has 0 radical (unpaired) electrons. The first-order valence-corrected chi connectivity index (χ1v) is 8.61. The van der Waals surface area contributed by atoms with E-state index in [0.29, 0.717) is 17.5 Å². The minimum atomic E-state index is 0.118. The van der Waals surface area contributed by atoms with Crippen molar-refractivity contribution in [3.05, 3.63) is 59.8 Å². The summed E-state index contributed by atoms with van der Waals surface area (Å²) in [4.78, 5) is 20.9. The Morgan fingerprint density at radius 3 is 2.64 bits per heavy atom. The molecule has 4 rings (SSSR count). The van der Waals surface area contributed by atoms with Crippen LogP contribution < -0.4 is 4.90 Å². The van der Waals surface area contributed by atoms with Gasteiger partial charge in [0, 0.05) is 38.4 Å². The molecule has 25 heavy (non-hydrogen) atoms. The van der Waals surface area contributed by atoms with Crippen LogP contribution >= 0.6 is 0 Å². The number of carbonyl (C=O) groups is 1. The molecule has 5 nitrogen and oxygen atoms in total.